The third-order valence-corrected chi connectivity index (χ3v) is 9.43. The lowest BCUT2D eigenvalue weighted by molar-refractivity contribution is -0.123. The molecule has 1 amide bonds. The van der Waals surface area contributed by atoms with E-state index in [-0.39, 0.29) is 12.5 Å². The van der Waals surface area contributed by atoms with Crippen molar-refractivity contribution in [3.8, 4) is 0 Å². The fraction of sp³-hybridized carbons (Fsp3) is 0.881. The monoisotopic (exact) mass is 648 g/mol. The Kier molecular flexibility index (Phi) is 37.4. The summed E-state index contributed by atoms with van der Waals surface area (Å²) in [5.41, 5.74) is 0. The minimum absolute atomic E-state index is 0.0653. The molecule has 0 radical (unpaired) electrons. The minimum Gasteiger partial charge on any atom is -0.394 e. The summed E-state index contributed by atoms with van der Waals surface area (Å²) >= 11 is 0. The van der Waals surface area contributed by atoms with Crippen LogP contribution in [0.5, 0.6) is 0 Å². The van der Waals surface area contributed by atoms with E-state index in [0.29, 0.717) is 6.42 Å². The number of allylic oxidation sites excluding steroid dienone is 3. The largest absolute Gasteiger partial charge is 0.394 e. The van der Waals surface area contributed by atoms with Gasteiger partial charge in [-0.15, -0.1) is 0 Å². The van der Waals surface area contributed by atoms with E-state index in [1.165, 1.54) is 173 Å². The van der Waals surface area contributed by atoms with E-state index in [1.54, 1.807) is 6.08 Å². The average molecular weight is 648 g/mol. The van der Waals surface area contributed by atoms with Gasteiger partial charge >= 0.3 is 0 Å². The van der Waals surface area contributed by atoms with Crippen LogP contribution in [0, 0.1) is 0 Å². The van der Waals surface area contributed by atoms with Crippen molar-refractivity contribution in [2.24, 2.45) is 0 Å². The number of hydrogen-bond acceptors (Lipinski definition) is 3. The zero-order chi connectivity index (χ0) is 33.6. The number of aliphatic hydroxyl groups is 2. The van der Waals surface area contributed by atoms with Crippen molar-refractivity contribution in [2.75, 3.05) is 6.61 Å². The fourth-order valence-electron chi connectivity index (χ4n) is 6.23. The van der Waals surface area contributed by atoms with E-state index in [2.05, 4.69) is 31.3 Å². The molecule has 4 heteroatoms. The quantitative estimate of drug-likeness (QED) is 0.0464. The third-order valence-electron chi connectivity index (χ3n) is 9.43. The van der Waals surface area contributed by atoms with Crippen LogP contribution >= 0.6 is 0 Å². The van der Waals surface area contributed by atoms with Gasteiger partial charge in [0.15, 0.2) is 0 Å². The van der Waals surface area contributed by atoms with E-state index >= 15 is 0 Å². The molecule has 0 aromatic heterocycles. The molecule has 0 saturated carbocycles. The second-order valence-electron chi connectivity index (χ2n) is 14.1. The summed E-state index contributed by atoms with van der Waals surface area (Å²) < 4.78 is 0. The summed E-state index contributed by atoms with van der Waals surface area (Å²) in [6.07, 6.45) is 48.5. The predicted molar refractivity (Wildman–Crippen MR) is 202 cm³/mol. The van der Waals surface area contributed by atoms with Gasteiger partial charge < -0.3 is 15.5 Å². The molecule has 0 aliphatic heterocycles. The van der Waals surface area contributed by atoms with E-state index in [9.17, 15) is 15.0 Å². The zero-order valence-corrected chi connectivity index (χ0v) is 31.1. The normalized spacial score (nSPS) is 13.2. The zero-order valence-electron chi connectivity index (χ0n) is 31.1. The molecule has 0 saturated heterocycles. The van der Waals surface area contributed by atoms with Crippen LogP contribution in [0.3, 0.4) is 0 Å². The molecule has 0 aromatic carbocycles. The predicted octanol–water partition coefficient (Wildman–Crippen LogP) is 12.5. The number of rotatable bonds is 37. The molecule has 0 aromatic rings. The number of nitrogens with one attached hydrogen (secondary N) is 1. The first-order valence-electron chi connectivity index (χ1n) is 20.6. The summed E-state index contributed by atoms with van der Waals surface area (Å²) in [6.45, 7) is 4.30. The average Bonchev–Trinajstić information content (AvgIpc) is 3.06. The summed E-state index contributed by atoms with van der Waals surface area (Å²) in [5, 5.41) is 22.9. The third kappa shape index (κ3) is 34.2. The van der Waals surface area contributed by atoms with Gasteiger partial charge in [-0.3, -0.25) is 4.79 Å². The molecule has 3 N–H and O–H groups in total. The van der Waals surface area contributed by atoms with Gasteiger partial charge in [-0.25, -0.2) is 0 Å². The summed E-state index contributed by atoms with van der Waals surface area (Å²) in [4.78, 5) is 12.3. The maximum absolute atomic E-state index is 12.3. The van der Waals surface area contributed by atoms with Gasteiger partial charge in [-0.05, 0) is 44.9 Å². The Morgan fingerprint density at radius 1 is 0.500 bits per heavy atom. The van der Waals surface area contributed by atoms with Crippen molar-refractivity contribution in [2.45, 2.75) is 231 Å². The van der Waals surface area contributed by atoms with Crippen LogP contribution in [0.4, 0.5) is 0 Å². The molecule has 46 heavy (non-hydrogen) atoms. The van der Waals surface area contributed by atoms with Crippen LogP contribution < -0.4 is 5.32 Å². The first-order chi connectivity index (χ1) is 22.7. The first-order valence-corrected chi connectivity index (χ1v) is 20.6. The molecule has 0 heterocycles. The van der Waals surface area contributed by atoms with E-state index in [4.69, 9.17) is 0 Å². The highest BCUT2D eigenvalue weighted by Gasteiger charge is 2.17. The molecule has 272 valence electrons. The molecule has 2 unspecified atom stereocenters. The maximum atomic E-state index is 12.3. The molecule has 0 aliphatic rings. The van der Waals surface area contributed by atoms with Crippen molar-refractivity contribution < 1.29 is 15.0 Å². The Bertz CT molecular complexity index is 661. The van der Waals surface area contributed by atoms with Crippen molar-refractivity contribution in [3.05, 3.63) is 24.3 Å². The van der Waals surface area contributed by atoms with E-state index in [1.807, 2.05) is 6.08 Å². The van der Waals surface area contributed by atoms with E-state index in [0.717, 1.165) is 25.7 Å². The van der Waals surface area contributed by atoms with Gasteiger partial charge in [0, 0.05) is 6.42 Å². The van der Waals surface area contributed by atoms with Crippen molar-refractivity contribution >= 4 is 5.91 Å². The molecular weight excluding hydrogens is 566 g/mol. The molecular formula is C42H81NO3. The SMILES string of the molecule is CCCCCCCCCC/C=C\CCCCCCCCCCCCCC(=O)NC(CO)C(O)/C=C/CCCCCCCCCCC. The maximum Gasteiger partial charge on any atom is 0.220 e. The smallest absolute Gasteiger partial charge is 0.220 e. The van der Waals surface area contributed by atoms with Crippen LogP contribution in [-0.4, -0.2) is 34.9 Å². The highest BCUT2D eigenvalue weighted by Crippen LogP contribution is 2.14. The Balaban J connectivity index is 3.52. The Morgan fingerprint density at radius 3 is 1.20 bits per heavy atom. The standard InChI is InChI=1S/C42H81NO3/c1-3-5-7-9-11-13-15-16-17-18-19-20-21-22-23-24-25-26-28-30-32-34-36-38-42(46)43-40(39-44)41(45)37-35-33-31-29-27-14-12-10-8-6-4-2/h18-19,35,37,40-41,44-45H,3-17,20-34,36,38-39H2,1-2H3,(H,43,46)/b19-18-,37-35+. The van der Waals surface area contributed by atoms with Crippen molar-refractivity contribution in [3.63, 3.8) is 0 Å². The van der Waals surface area contributed by atoms with Gasteiger partial charge in [0.05, 0.1) is 18.8 Å². The minimum atomic E-state index is -0.835. The highest BCUT2D eigenvalue weighted by molar-refractivity contribution is 5.76. The number of unbranched alkanes of at least 4 members (excludes halogenated alkanes) is 28. The number of amides is 1. The molecule has 4 nitrogen and oxygen atoms in total. The van der Waals surface area contributed by atoms with Crippen molar-refractivity contribution in [1.29, 1.82) is 0 Å². The lowest BCUT2D eigenvalue weighted by Gasteiger charge is -2.20. The Hall–Kier alpha value is -1.13. The van der Waals surface area contributed by atoms with Gasteiger partial charge in [0.1, 0.15) is 0 Å². The second-order valence-corrected chi connectivity index (χ2v) is 14.1. The molecule has 0 aliphatic carbocycles. The number of aliphatic hydroxyl groups excluding tert-OH is 2. The number of carbonyl (C=O) groups is 1. The summed E-state index contributed by atoms with van der Waals surface area (Å²) in [5.74, 6) is -0.0653. The van der Waals surface area contributed by atoms with Crippen LogP contribution in [-0.2, 0) is 4.79 Å². The molecule has 0 spiro atoms. The molecule has 0 bridgehead atoms. The summed E-state index contributed by atoms with van der Waals surface area (Å²) in [6, 6.07) is -0.618. The van der Waals surface area contributed by atoms with Gasteiger partial charge in [-0.2, -0.15) is 0 Å². The number of hydrogen-bond donors (Lipinski definition) is 3. The van der Waals surface area contributed by atoms with Crippen LogP contribution in [0.15, 0.2) is 24.3 Å². The van der Waals surface area contributed by atoms with Crippen LogP contribution in [0.1, 0.15) is 219 Å². The topological polar surface area (TPSA) is 69.6 Å². The van der Waals surface area contributed by atoms with Crippen molar-refractivity contribution in [1.82, 2.24) is 5.32 Å². The van der Waals surface area contributed by atoms with Gasteiger partial charge in [-0.1, -0.05) is 192 Å². The van der Waals surface area contributed by atoms with Crippen LogP contribution in [0.2, 0.25) is 0 Å². The van der Waals surface area contributed by atoms with Gasteiger partial charge in [0.2, 0.25) is 5.91 Å². The second kappa shape index (κ2) is 38.3. The molecule has 2 atom stereocenters. The summed E-state index contributed by atoms with van der Waals surface area (Å²) in [7, 11) is 0. The Labute approximate surface area is 288 Å². The lowest BCUT2D eigenvalue weighted by Crippen LogP contribution is -2.45. The Morgan fingerprint density at radius 2 is 0.826 bits per heavy atom. The number of carbonyl (C=O) groups excluding carboxylic acids is 1. The van der Waals surface area contributed by atoms with Crippen LogP contribution in [0.25, 0.3) is 0 Å². The fourth-order valence-corrected chi connectivity index (χ4v) is 6.23. The lowest BCUT2D eigenvalue weighted by atomic mass is 10.0. The molecule has 0 rings (SSSR count). The van der Waals surface area contributed by atoms with E-state index < -0.39 is 12.1 Å². The molecule has 0 fully saturated rings. The van der Waals surface area contributed by atoms with Gasteiger partial charge in [0.25, 0.3) is 0 Å². The highest BCUT2D eigenvalue weighted by atomic mass is 16.3. The first kappa shape index (κ1) is 44.9.